The Morgan fingerprint density at radius 1 is 1.03 bits per heavy atom. The average Bonchev–Trinajstić information content (AvgIpc) is 2.90. The molecule has 10 heteroatoms. The molecule has 0 aromatic heterocycles. The highest BCUT2D eigenvalue weighted by Gasteiger charge is 2.27. The van der Waals surface area contributed by atoms with E-state index < -0.39 is 10.0 Å². The summed E-state index contributed by atoms with van der Waals surface area (Å²) in [5.74, 6) is 0.841. The minimum Gasteiger partial charge on any atom is -0.317 e. The number of hydrogen-bond donors (Lipinski definition) is 2. The molecule has 2 aliphatic rings. The lowest BCUT2D eigenvalue weighted by Crippen LogP contribution is -2.43. The Bertz CT molecular complexity index is 1180. The lowest BCUT2D eigenvalue weighted by Gasteiger charge is -2.33. The molecule has 0 atom stereocenters. The zero-order valence-electron chi connectivity index (χ0n) is 22.0. The number of halogens is 2. The first-order valence-corrected chi connectivity index (χ1v) is 16.1. The van der Waals surface area contributed by atoms with Crippen molar-refractivity contribution in [3.05, 3.63) is 58.1 Å². The number of sulfonamides is 1. The molecule has 0 spiro atoms. The first-order valence-electron chi connectivity index (χ1n) is 13.4. The first-order chi connectivity index (χ1) is 18.2. The van der Waals surface area contributed by atoms with E-state index in [1.807, 2.05) is 35.2 Å². The minimum absolute atomic E-state index is 0.0395. The van der Waals surface area contributed by atoms with Crippen LogP contribution in [0.5, 0.6) is 0 Å². The van der Waals surface area contributed by atoms with E-state index in [9.17, 15) is 13.2 Å². The molecule has 2 fully saturated rings. The van der Waals surface area contributed by atoms with Gasteiger partial charge in [-0.3, -0.25) is 9.52 Å². The van der Waals surface area contributed by atoms with Gasteiger partial charge < -0.3 is 15.1 Å². The van der Waals surface area contributed by atoms with Crippen LogP contribution in [-0.2, 0) is 21.2 Å². The van der Waals surface area contributed by atoms with Crippen molar-refractivity contribution in [3.8, 4) is 0 Å². The zero-order chi connectivity index (χ0) is 27.1. The minimum atomic E-state index is -3.26. The van der Waals surface area contributed by atoms with Gasteiger partial charge >= 0.3 is 0 Å². The van der Waals surface area contributed by atoms with Crippen LogP contribution in [0.3, 0.4) is 0 Å². The van der Waals surface area contributed by atoms with Gasteiger partial charge in [0.2, 0.25) is 15.9 Å². The van der Waals surface area contributed by atoms with Crippen molar-refractivity contribution in [3.63, 3.8) is 0 Å². The van der Waals surface area contributed by atoms with Crippen LogP contribution in [0.1, 0.15) is 37.7 Å². The zero-order valence-corrected chi connectivity index (χ0v) is 24.3. The van der Waals surface area contributed by atoms with Gasteiger partial charge in [-0.1, -0.05) is 35.3 Å². The molecule has 0 bridgehead atoms. The molecule has 2 N–H and O–H groups in total. The van der Waals surface area contributed by atoms with Crippen LogP contribution in [0.25, 0.3) is 0 Å². The number of anilines is 2. The summed E-state index contributed by atoms with van der Waals surface area (Å²) in [6.07, 6.45) is 7.05. The van der Waals surface area contributed by atoms with Gasteiger partial charge in [-0.15, -0.1) is 0 Å². The fourth-order valence-electron chi connectivity index (χ4n) is 5.43. The summed E-state index contributed by atoms with van der Waals surface area (Å²) in [5.41, 5.74) is 2.65. The maximum atomic E-state index is 13.5. The Kier molecular flexibility index (Phi) is 10.3. The van der Waals surface area contributed by atoms with Crippen LogP contribution in [0.4, 0.5) is 11.4 Å². The van der Waals surface area contributed by atoms with Gasteiger partial charge in [-0.05, 0) is 113 Å². The van der Waals surface area contributed by atoms with E-state index in [0.29, 0.717) is 28.2 Å². The quantitative estimate of drug-likeness (QED) is 0.411. The second-order valence-corrected chi connectivity index (χ2v) is 13.1. The van der Waals surface area contributed by atoms with Crippen molar-refractivity contribution < 1.29 is 13.2 Å². The molecule has 0 aliphatic carbocycles. The molecule has 2 heterocycles. The molecule has 0 saturated carbocycles. The molecule has 0 unspecified atom stereocenters. The van der Waals surface area contributed by atoms with Crippen molar-refractivity contribution in [2.45, 2.75) is 38.5 Å². The largest absolute Gasteiger partial charge is 0.317 e. The van der Waals surface area contributed by atoms with Crippen LogP contribution in [0.15, 0.2) is 42.5 Å². The lowest BCUT2D eigenvalue weighted by molar-refractivity contribution is -0.123. The summed E-state index contributed by atoms with van der Waals surface area (Å²) in [7, 11) is -3.26. The van der Waals surface area contributed by atoms with Gasteiger partial charge in [0.15, 0.2) is 0 Å². The van der Waals surface area contributed by atoms with Crippen LogP contribution < -0.4 is 14.9 Å². The maximum Gasteiger partial charge on any atom is 0.230 e. The molecule has 0 radical (unpaired) electrons. The Balaban J connectivity index is 1.26. The third-order valence-corrected chi connectivity index (χ3v) is 8.86. The molecule has 2 saturated heterocycles. The highest BCUT2D eigenvalue weighted by molar-refractivity contribution is 7.92. The topological polar surface area (TPSA) is 81.8 Å². The van der Waals surface area contributed by atoms with Gasteiger partial charge in [-0.2, -0.15) is 0 Å². The normalized spacial score (nSPS) is 17.9. The number of piperidine rings is 2. The smallest absolute Gasteiger partial charge is 0.230 e. The van der Waals surface area contributed by atoms with Gasteiger partial charge in [0.1, 0.15) is 0 Å². The fourth-order valence-corrected chi connectivity index (χ4v) is 6.29. The second kappa shape index (κ2) is 13.5. The third kappa shape index (κ3) is 8.58. The third-order valence-electron chi connectivity index (χ3n) is 7.51. The predicted molar refractivity (Wildman–Crippen MR) is 157 cm³/mol. The number of hydrogen-bond acceptors (Lipinski definition) is 5. The lowest BCUT2D eigenvalue weighted by atomic mass is 9.90. The molecular weight excluding hydrogens is 543 g/mol. The van der Waals surface area contributed by atoms with E-state index in [-0.39, 0.29) is 11.8 Å². The van der Waals surface area contributed by atoms with E-state index in [4.69, 9.17) is 23.2 Å². The van der Waals surface area contributed by atoms with Gasteiger partial charge in [0.25, 0.3) is 0 Å². The van der Waals surface area contributed by atoms with Crippen molar-refractivity contribution >= 4 is 50.5 Å². The highest BCUT2D eigenvalue weighted by Crippen LogP contribution is 2.29. The van der Waals surface area contributed by atoms with Crippen molar-refractivity contribution in [1.82, 2.24) is 10.2 Å². The van der Waals surface area contributed by atoms with Crippen LogP contribution in [0, 0.1) is 11.8 Å². The van der Waals surface area contributed by atoms with Crippen molar-refractivity contribution in [2.24, 2.45) is 11.8 Å². The molecule has 38 heavy (non-hydrogen) atoms. The van der Waals surface area contributed by atoms with E-state index in [1.54, 1.807) is 12.1 Å². The average molecular weight is 582 g/mol. The van der Waals surface area contributed by atoms with E-state index in [0.717, 1.165) is 83.2 Å². The number of carbonyl (C=O) groups excluding carboxylic acids is 1. The summed E-state index contributed by atoms with van der Waals surface area (Å²) in [5, 5.41) is 4.30. The monoisotopic (exact) mass is 580 g/mol. The van der Waals surface area contributed by atoms with Gasteiger partial charge in [0, 0.05) is 23.8 Å². The molecule has 2 aliphatic heterocycles. The second-order valence-electron chi connectivity index (χ2n) is 10.5. The number of likely N-dealkylation sites (tertiary alicyclic amines) is 1. The Morgan fingerprint density at radius 2 is 1.71 bits per heavy atom. The summed E-state index contributed by atoms with van der Waals surface area (Å²) >= 11 is 12.4. The van der Waals surface area contributed by atoms with Gasteiger partial charge in [-0.25, -0.2) is 8.42 Å². The molecule has 4 rings (SSSR count). The number of rotatable bonds is 10. The molecular formula is C28H38Cl2N4O3S. The Hall–Kier alpha value is -1.84. The number of nitrogens with one attached hydrogen (secondary N) is 2. The summed E-state index contributed by atoms with van der Waals surface area (Å²) in [4.78, 5) is 17.9. The molecule has 2 aromatic rings. The molecule has 208 valence electrons. The fraction of sp³-hybridized carbons (Fsp3) is 0.536. The van der Waals surface area contributed by atoms with E-state index >= 15 is 0 Å². The Labute approximate surface area is 236 Å². The summed E-state index contributed by atoms with van der Waals surface area (Å²) < 4.78 is 25.3. The number of amides is 1. The van der Waals surface area contributed by atoms with Crippen LogP contribution in [-0.4, -0.2) is 64.7 Å². The number of carbonyl (C=O) groups is 1. The SMILES string of the molecule is CS(=O)(=O)Nc1ccc(CC2CCN(CCCN(C(=O)C3CCNCC3)c3ccc(Cl)c(Cl)c3)CC2)cc1. The van der Waals surface area contributed by atoms with Crippen molar-refractivity contribution in [2.75, 3.05) is 55.1 Å². The molecule has 1 amide bonds. The predicted octanol–water partition coefficient (Wildman–Crippen LogP) is 5.04. The van der Waals surface area contributed by atoms with Crippen molar-refractivity contribution in [1.29, 1.82) is 0 Å². The summed E-state index contributed by atoms with van der Waals surface area (Å²) in [6, 6.07) is 13.1. The molecule has 2 aromatic carbocycles. The van der Waals surface area contributed by atoms with E-state index in [2.05, 4.69) is 14.9 Å². The van der Waals surface area contributed by atoms with Crippen LogP contribution in [0.2, 0.25) is 10.0 Å². The number of nitrogens with zero attached hydrogens (tertiary/aromatic N) is 2. The van der Waals surface area contributed by atoms with Gasteiger partial charge in [0.05, 0.1) is 16.3 Å². The maximum absolute atomic E-state index is 13.5. The summed E-state index contributed by atoms with van der Waals surface area (Å²) in [6.45, 7) is 5.47. The van der Waals surface area contributed by atoms with E-state index in [1.165, 1.54) is 5.56 Å². The number of benzene rings is 2. The Morgan fingerprint density at radius 3 is 2.34 bits per heavy atom. The standard InChI is InChI=1S/C28H38Cl2N4O3S/c1-38(36,37)32-24-5-3-21(4-6-24)19-22-11-17-33(18-12-22)15-2-16-34(25-7-8-26(29)27(30)20-25)28(35)23-9-13-31-14-10-23/h3-8,20,22-23,31-32H,2,9-19H2,1H3. The first kappa shape index (κ1) is 29.2. The highest BCUT2D eigenvalue weighted by atomic mass is 35.5. The molecule has 7 nitrogen and oxygen atoms in total. The van der Waals surface area contributed by atoms with Crippen LogP contribution >= 0.6 is 23.2 Å².